The molecule has 7 heteroatoms. The average Bonchev–Trinajstić information content (AvgIpc) is 3.07. The van der Waals surface area contributed by atoms with Crippen molar-refractivity contribution >= 4 is 11.9 Å². The van der Waals surface area contributed by atoms with Crippen molar-refractivity contribution in [2.24, 2.45) is 0 Å². The second-order valence-electron chi connectivity index (χ2n) is 5.85. The summed E-state index contributed by atoms with van der Waals surface area (Å²) < 4.78 is 1.63. The van der Waals surface area contributed by atoms with E-state index in [4.69, 9.17) is 5.11 Å². The molecule has 1 heterocycles. The molecule has 0 saturated carbocycles. The summed E-state index contributed by atoms with van der Waals surface area (Å²) in [6, 6.07) is 5.27. The van der Waals surface area contributed by atoms with Gasteiger partial charge in [0.15, 0.2) is 0 Å². The first-order valence-corrected chi connectivity index (χ1v) is 7.90. The largest absolute Gasteiger partial charge is 0.481 e. The molecule has 1 aromatic carbocycles. The minimum atomic E-state index is -0.920. The van der Waals surface area contributed by atoms with E-state index >= 15 is 0 Å². The van der Waals surface area contributed by atoms with Gasteiger partial charge in [-0.05, 0) is 43.5 Å². The summed E-state index contributed by atoms with van der Waals surface area (Å²) in [4.78, 5) is 27.6. The van der Waals surface area contributed by atoms with Crippen LogP contribution in [0, 0.1) is 6.92 Å². The number of nitrogens with zero attached hydrogens (tertiary/aromatic N) is 3. The van der Waals surface area contributed by atoms with Gasteiger partial charge in [0, 0.05) is 5.56 Å². The lowest BCUT2D eigenvalue weighted by atomic mass is 9.88. The SMILES string of the molecule is CCC(CC)(CC(=O)O)NC(=O)c1ccc(-n2cncn2)c(C)c1. The van der Waals surface area contributed by atoms with Crippen LogP contribution in [0.25, 0.3) is 5.69 Å². The molecule has 0 aliphatic rings. The van der Waals surface area contributed by atoms with Crippen LogP contribution in [0.4, 0.5) is 0 Å². The van der Waals surface area contributed by atoms with Crippen LogP contribution in [0.15, 0.2) is 30.9 Å². The average molecular weight is 330 g/mol. The van der Waals surface area contributed by atoms with E-state index in [9.17, 15) is 9.59 Å². The van der Waals surface area contributed by atoms with Crippen LogP contribution in [0.2, 0.25) is 0 Å². The molecule has 7 nitrogen and oxygen atoms in total. The maximum Gasteiger partial charge on any atom is 0.305 e. The molecule has 2 aromatic rings. The van der Waals surface area contributed by atoms with Crippen LogP contribution in [0.3, 0.4) is 0 Å². The van der Waals surface area contributed by atoms with E-state index in [0.717, 1.165) is 11.3 Å². The number of carbonyl (C=O) groups is 2. The van der Waals surface area contributed by atoms with Crippen LogP contribution in [0.1, 0.15) is 49.0 Å². The topological polar surface area (TPSA) is 97.1 Å². The Morgan fingerprint density at radius 2 is 2.00 bits per heavy atom. The maximum absolute atomic E-state index is 12.6. The number of carboxylic acid groups (broad SMARTS) is 1. The summed E-state index contributed by atoms with van der Waals surface area (Å²) >= 11 is 0. The fraction of sp³-hybridized carbons (Fsp3) is 0.412. The zero-order chi connectivity index (χ0) is 17.7. The van der Waals surface area contributed by atoms with Gasteiger partial charge < -0.3 is 10.4 Å². The number of amides is 1. The van der Waals surface area contributed by atoms with Crippen LogP contribution >= 0.6 is 0 Å². The Balaban J connectivity index is 2.23. The number of aromatic nitrogens is 3. The number of hydrogen-bond donors (Lipinski definition) is 2. The predicted molar refractivity (Wildman–Crippen MR) is 89.1 cm³/mol. The third-order valence-corrected chi connectivity index (χ3v) is 4.35. The van der Waals surface area contributed by atoms with Gasteiger partial charge in [-0.2, -0.15) is 5.10 Å². The lowest BCUT2D eigenvalue weighted by molar-refractivity contribution is -0.138. The number of carbonyl (C=O) groups excluding carboxylic acids is 1. The highest BCUT2D eigenvalue weighted by Crippen LogP contribution is 2.22. The molecule has 0 fully saturated rings. The van der Waals surface area contributed by atoms with E-state index in [1.165, 1.54) is 6.33 Å². The van der Waals surface area contributed by atoms with Gasteiger partial charge in [0.2, 0.25) is 0 Å². The standard InChI is InChI=1S/C17H22N4O3/c1-4-17(5-2,9-15(22)23)20-16(24)13-6-7-14(12(3)8-13)21-11-18-10-19-21/h6-8,10-11H,4-5,9H2,1-3H3,(H,20,24)(H,22,23). The monoisotopic (exact) mass is 330 g/mol. The van der Waals surface area contributed by atoms with E-state index in [-0.39, 0.29) is 12.3 Å². The number of nitrogens with one attached hydrogen (secondary N) is 1. The van der Waals surface area contributed by atoms with Gasteiger partial charge in [-0.15, -0.1) is 0 Å². The molecule has 0 spiro atoms. The summed E-state index contributed by atoms with van der Waals surface area (Å²) in [7, 11) is 0. The van der Waals surface area contributed by atoms with Crippen molar-refractivity contribution in [1.82, 2.24) is 20.1 Å². The highest BCUT2D eigenvalue weighted by molar-refractivity contribution is 5.95. The Bertz CT molecular complexity index is 721. The lowest BCUT2D eigenvalue weighted by Crippen LogP contribution is -2.49. The van der Waals surface area contributed by atoms with Crippen LogP contribution in [-0.4, -0.2) is 37.3 Å². The summed E-state index contributed by atoms with van der Waals surface area (Å²) in [5, 5.41) is 16.1. The van der Waals surface area contributed by atoms with E-state index in [2.05, 4.69) is 15.4 Å². The highest BCUT2D eigenvalue weighted by atomic mass is 16.4. The molecule has 0 radical (unpaired) electrons. The van der Waals surface area contributed by atoms with Gasteiger partial charge in [0.05, 0.1) is 17.6 Å². The van der Waals surface area contributed by atoms with Gasteiger partial charge in [0.25, 0.3) is 5.91 Å². The zero-order valence-corrected chi connectivity index (χ0v) is 14.1. The Kier molecular flexibility index (Phi) is 5.33. The Morgan fingerprint density at radius 3 is 2.50 bits per heavy atom. The molecule has 0 saturated heterocycles. The first-order valence-electron chi connectivity index (χ1n) is 7.90. The first-order chi connectivity index (χ1) is 11.4. The third-order valence-electron chi connectivity index (χ3n) is 4.35. The first kappa shape index (κ1) is 17.7. The van der Waals surface area contributed by atoms with Gasteiger partial charge in [-0.3, -0.25) is 9.59 Å². The van der Waals surface area contributed by atoms with Crippen molar-refractivity contribution < 1.29 is 14.7 Å². The number of rotatable bonds is 7. The van der Waals surface area contributed by atoms with E-state index in [1.54, 1.807) is 29.2 Å². The number of carboxylic acids is 1. The Hall–Kier alpha value is -2.70. The van der Waals surface area contributed by atoms with Crippen molar-refractivity contribution in [2.45, 2.75) is 45.6 Å². The van der Waals surface area contributed by atoms with Crippen molar-refractivity contribution in [2.75, 3.05) is 0 Å². The molecule has 0 unspecified atom stereocenters. The quantitative estimate of drug-likeness (QED) is 0.812. The Labute approximate surface area is 140 Å². The summed E-state index contributed by atoms with van der Waals surface area (Å²) in [5.74, 6) is -1.19. The van der Waals surface area contributed by atoms with E-state index in [0.29, 0.717) is 18.4 Å². The fourth-order valence-electron chi connectivity index (χ4n) is 2.71. The lowest BCUT2D eigenvalue weighted by Gasteiger charge is -2.31. The number of aliphatic carboxylic acids is 1. The second-order valence-corrected chi connectivity index (χ2v) is 5.85. The molecule has 2 rings (SSSR count). The molecule has 24 heavy (non-hydrogen) atoms. The summed E-state index contributed by atoms with van der Waals surface area (Å²) in [6.07, 6.45) is 4.05. The molecule has 128 valence electrons. The minimum absolute atomic E-state index is 0.0955. The van der Waals surface area contributed by atoms with Gasteiger partial charge in [-0.25, -0.2) is 9.67 Å². The molecule has 1 aromatic heterocycles. The summed E-state index contributed by atoms with van der Waals surface area (Å²) in [5.41, 5.74) is 1.48. The molecular formula is C17H22N4O3. The van der Waals surface area contributed by atoms with E-state index in [1.807, 2.05) is 20.8 Å². The van der Waals surface area contributed by atoms with Gasteiger partial charge >= 0.3 is 5.97 Å². The smallest absolute Gasteiger partial charge is 0.305 e. The van der Waals surface area contributed by atoms with Crippen molar-refractivity contribution in [3.63, 3.8) is 0 Å². The fourth-order valence-corrected chi connectivity index (χ4v) is 2.71. The van der Waals surface area contributed by atoms with Crippen molar-refractivity contribution in [1.29, 1.82) is 0 Å². The maximum atomic E-state index is 12.6. The van der Waals surface area contributed by atoms with Crippen LogP contribution in [-0.2, 0) is 4.79 Å². The minimum Gasteiger partial charge on any atom is -0.481 e. The third kappa shape index (κ3) is 3.79. The number of hydrogen-bond acceptors (Lipinski definition) is 4. The highest BCUT2D eigenvalue weighted by Gasteiger charge is 2.31. The molecule has 0 aliphatic heterocycles. The van der Waals surface area contributed by atoms with Crippen LogP contribution in [0.5, 0.6) is 0 Å². The molecule has 0 bridgehead atoms. The normalized spacial score (nSPS) is 11.3. The van der Waals surface area contributed by atoms with Gasteiger partial charge in [-0.1, -0.05) is 13.8 Å². The molecule has 2 N–H and O–H groups in total. The zero-order valence-electron chi connectivity index (χ0n) is 14.1. The van der Waals surface area contributed by atoms with Crippen molar-refractivity contribution in [3.8, 4) is 5.69 Å². The number of benzene rings is 1. The molecule has 0 atom stereocenters. The van der Waals surface area contributed by atoms with Crippen LogP contribution < -0.4 is 5.32 Å². The second kappa shape index (κ2) is 7.25. The molecule has 0 aliphatic carbocycles. The van der Waals surface area contributed by atoms with E-state index < -0.39 is 11.5 Å². The van der Waals surface area contributed by atoms with Crippen molar-refractivity contribution in [3.05, 3.63) is 42.0 Å². The number of aryl methyl sites for hydroxylation is 1. The molecule has 1 amide bonds. The summed E-state index contributed by atoms with van der Waals surface area (Å²) in [6.45, 7) is 5.65. The van der Waals surface area contributed by atoms with Gasteiger partial charge in [0.1, 0.15) is 12.7 Å². The predicted octanol–water partition coefficient (Wildman–Crippen LogP) is 2.34. The molecular weight excluding hydrogens is 308 g/mol. The Morgan fingerprint density at radius 1 is 1.29 bits per heavy atom.